The summed E-state index contributed by atoms with van der Waals surface area (Å²) in [7, 11) is 1.56. The zero-order chi connectivity index (χ0) is 17.6. The van der Waals surface area contributed by atoms with Crippen LogP contribution in [0.2, 0.25) is 5.02 Å². The molecule has 0 saturated heterocycles. The molecule has 0 aliphatic heterocycles. The van der Waals surface area contributed by atoms with E-state index in [0.717, 1.165) is 11.3 Å². The fourth-order valence-electron chi connectivity index (χ4n) is 2.11. The summed E-state index contributed by atoms with van der Waals surface area (Å²) < 4.78 is 18.0. The summed E-state index contributed by atoms with van der Waals surface area (Å²) in [5.74, 6) is 1.19. The topological polar surface area (TPSA) is 72.0 Å². The molecule has 0 unspecified atom stereocenters. The van der Waals surface area contributed by atoms with Gasteiger partial charge < -0.3 is 15.4 Å². The van der Waals surface area contributed by atoms with Crippen LogP contribution in [0.25, 0.3) is 0 Å². The third kappa shape index (κ3) is 4.54. The number of ether oxygens (including phenoxy) is 1. The second-order valence-electron chi connectivity index (χ2n) is 5.12. The minimum absolute atomic E-state index is 0.272. The lowest BCUT2D eigenvalue weighted by molar-refractivity contribution is 0.415. The molecule has 0 aliphatic carbocycles. The minimum atomic E-state index is -0.272. The maximum atomic E-state index is 12.9. The number of benzene rings is 2. The largest absolute Gasteiger partial charge is 0.495 e. The third-order valence-electron chi connectivity index (χ3n) is 3.35. The molecule has 0 bridgehead atoms. The Hall–Kier alpha value is -2.93. The minimum Gasteiger partial charge on any atom is -0.495 e. The Morgan fingerprint density at radius 3 is 2.68 bits per heavy atom. The molecular weight excluding hydrogens is 345 g/mol. The lowest BCUT2D eigenvalue weighted by atomic mass is 10.2. The van der Waals surface area contributed by atoms with E-state index in [1.54, 1.807) is 31.4 Å². The van der Waals surface area contributed by atoms with Crippen LogP contribution >= 0.6 is 11.6 Å². The molecular formula is C17H15ClFN5O. The summed E-state index contributed by atoms with van der Waals surface area (Å²) in [6.45, 7) is 0.458. The summed E-state index contributed by atoms with van der Waals surface area (Å²) in [5.41, 5.74) is 1.65. The molecule has 25 heavy (non-hydrogen) atoms. The molecule has 0 radical (unpaired) electrons. The Labute approximate surface area is 149 Å². The molecule has 1 heterocycles. The fraction of sp³-hybridized carbons (Fsp3) is 0.118. The van der Waals surface area contributed by atoms with Gasteiger partial charge in [-0.25, -0.2) is 4.39 Å². The van der Waals surface area contributed by atoms with Gasteiger partial charge in [0.1, 0.15) is 11.6 Å². The molecule has 0 atom stereocenters. The number of nitrogens with one attached hydrogen (secondary N) is 2. The molecule has 0 fully saturated rings. The standard InChI is InChI=1S/C17H15ClFN5O/c1-25-15-7-6-13(8-14(15)18)22-16-10-21-24-17(23-16)20-9-11-2-4-12(19)5-3-11/h2-8,10H,9H2,1H3,(H2,20,22,23,24). The van der Waals surface area contributed by atoms with Crippen molar-refractivity contribution in [1.29, 1.82) is 0 Å². The molecule has 0 saturated carbocycles. The van der Waals surface area contributed by atoms with Crippen LogP contribution in [-0.4, -0.2) is 22.3 Å². The molecule has 6 nitrogen and oxygen atoms in total. The molecule has 3 rings (SSSR count). The van der Waals surface area contributed by atoms with Crippen LogP contribution in [0.3, 0.4) is 0 Å². The fourth-order valence-corrected chi connectivity index (χ4v) is 2.37. The van der Waals surface area contributed by atoms with Crippen molar-refractivity contribution in [3.8, 4) is 5.75 Å². The van der Waals surface area contributed by atoms with E-state index in [2.05, 4.69) is 25.8 Å². The number of aromatic nitrogens is 3. The van der Waals surface area contributed by atoms with E-state index < -0.39 is 0 Å². The van der Waals surface area contributed by atoms with Gasteiger partial charge in [0.05, 0.1) is 18.3 Å². The molecule has 2 N–H and O–H groups in total. The van der Waals surface area contributed by atoms with Gasteiger partial charge in [-0.2, -0.15) is 10.1 Å². The van der Waals surface area contributed by atoms with Crippen LogP contribution in [0.15, 0.2) is 48.7 Å². The van der Waals surface area contributed by atoms with Gasteiger partial charge in [-0.15, -0.1) is 5.10 Å². The van der Waals surface area contributed by atoms with Crippen LogP contribution in [0.1, 0.15) is 5.56 Å². The van der Waals surface area contributed by atoms with Crippen molar-refractivity contribution in [2.24, 2.45) is 0 Å². The Morgan fingerprint density at radius 1 is 1.16 bits per heavy atom. The summed E-state index contributed by atoms with van der Waals surface area (Å²) in [6, 6.07) is 11.5. The highest BCUT2D eigenvalue weighted by atomic mass is 35.5. The lowest BCUT2D eigenvalue weighted by Gasteiger charge is -2.09. The number of anilines is 3. The highest BCUT2D eigenvalue weighted by molar-refractivity contribution is 6.32. The summed E-state index contributed by atoms with van der Waals surface area (Å²) in [6.07, 6.45) is 1.50. The number of hydrogen-bond donors (Lipinski definition) is 2. The monoisotopic (exact) mass is 359 g/mol. The maximum Gasteiger partial charge on any atom is 0.244 e. The maximum absolute atomic E-state index is 12.9. The summed E-state index contributed by atoms with van der Waals surface area (Å²) in [5, 5.41) is 14.5. The van der Waals surface area contributed by atoms with Gasteiger partial charge in [0, 0.05) is 12.2 Å². The van der Waals surface area contributed by atoms with Crippen molar-refractivity contribution < 1.29 is 9.13 Å². The number of methoxy groups -OCH3 is 1. The van der Waals surface area contributed by atoms with Crippen molar-refractivity contribution in [3.63, 3.8) is 0 Å². The van der Waals surface area contributed by atoms with Gasteiger partial charge in [-0.1, -0.05) is 23.7 Å². The van der Waals surface area contributed by atoms with E-state index in [1.807, 2.05) is 6.07 Å². The smallest absolute Gasteiger partial charge is 0.244 e. The number of rotatable bonds is 6. The van der Waals surface area contributed by atoms with E-state index in [9.17, 15) is 4.39 Å². The quantitative estimate of drug-likeness (QED) is 0.692. The van der Waals surface area contributed by atoms with Crippen molar-refractivity contribution in [2.45, 2.75) is 6.54 Å². The number of halogens is 2. The van der Waals surface area contributed by atoms with Crippen molar-refractivity contribution in [1.82, 2.24) is 15.2 Å². The van der Waals surface area contributed by atoms with Crippen LogP contribution in [0, 0.1) is 5.82 Å². The van der Waals surface area contributed by atoms with Crippen LogP contribution in [-0.2, 0) is 6.54 Å². The van der Waals surface area contributed by atoms with Gasteiger partial charge in [0.25, 0.3) is 0 Å². The second kappa shape index (κ2) is 7.76. The highest BCUT2D eigenvalue weighted by Crippen LogP contribution is 2.28. The van der Waals surface area contributed by atoms with E-state index in [0.29, 0.717) is 29.1 Å². The van der Waals surface area contributed by atoms with Crippen molar-refractivity contribution in [3.05, 3.63) is 65.1 Å². The van der Waals surface area contributed by atoms with Crippen LogP contribution < -0.4 is 15.4 Å². The predicted octanol–water partition coefficient (Wildman–Crippen LogP) is 4.03. The van der Waals surface area contributed by atoms with Crippen LogP contribution in [0.5, 0.6) is 5.75 Å². The Kier molecular flexibility index (Phi) is 5.25. The van der Waals surface area contributed by atoms with E-state index >= 15 is 0 Å². The number of nitrogens with zero attached hydrogens (tertiary/aromatic N) is 3. The molecule has 0 aliphatic rings. The summed E-state index contributed by atoms with van der Waals surface area (Å²) in [4.78, 5) is 4.33. The van der Waals surface area contributed by atoms with Gasteiger partial charge in [-0.05, 0) is 35.9 Å². The second-order valence-corrected chi connectivity index (χ2v) is 5.53. The Bertz CT molecular complexity index is 860. The molecule has 0 amide bonds. The van der Waals surface area contributed by atoms with Gasteiger partial charge in [0.2, 0.25) is 5.95 Å². The molecule has 0 spiro atoms. The molecule has 2 aromatic carbocycles. The zero-order valence-corrected chi connectivity index (χ0v) is 14.1. The summed E-state index contributed by atoms with van der Waals surface area (Å²) >= 11 is 6.10. The first-order chi connectivity index (χ1) is 12.1. The predicted molar refractivity (Wildman–Crippen MR) is 94.8 cm³/mol. The first-order valence-electron chi connectivity index (χ1n) is 7.42. The van der Waals surface area contributed by atoms with E-state index in [4.69, 9.17) is 16.3 Å². The lowest BCUT2D eigenvalue weighted by Crippen LogP contribution is -2.06. The molecule has 3 aromatic rings. The average Bonchev–Trinajstić information content (AvgIpc) is 2.62. The van der Waals surface area contributed by atoms with Gasteiger partial charge in [0.15, 0.2) is 5.82 Å². The molecule has 1 aromatic heterocycles. The number of hydrogen-bond acceptors (Lipinski definition) is 6. The van der Waals surface area contributed by atoms with Crippen LogP contribution in [0.4, 0.5) is 21.8 Å². The Balaban J connectivity index is 1.66. The van der Waals surface area contributed by atoms with Gasteiger partial charge in [-0.3, -0.25) is 0 Å². The zero-order valence-electron chi connectivity index (χ0n) is 13.3. The third-order valence-corrected chi connectivity index (χ3v) is 3.64. The first-order valence-corrected chi connectivity index (χ1v) is 7.80. The SMILES string of the molecule is COc1ccc(Nc2cnnc(NCc3ccc(F)cc3)n2)cc1Cl. The Morgan fingerprint density at radius 2 is 1.96 bits per heavy atom. The highest BCUT2D eigenvalue weighted by Gasteiger charge is 2.05. The van der Waals surface area contributed by atoms with E-state index in [-0.39, 0.29) is 5.82 Å². The average molecular weight is 360 g/mol. The molecule has 8 heteroatoms. The van der Waals surface area contributed by atoms with Gasteiger partial charge >= 0.3 is 0 Å². The first kappa shape index (κ1) is 16.9. The molecule has 128 valence electrons. The van der Waals surface area contributed by atoms with Crippen molar-refractivity contribution in [2.75, 3.05) is 17.7 Å². The normalized spacial score (nSPS) is 10.4. The van der Waals surface area contributed by atoms with E-state index in [1.165, 1.54) is 18.3 Å². The van der Waals surface area contributed by atoms with Crippen molar-refractivity contribution >= 4 is 29.1 Å².